The highest BCUT2D eigenvalue weighted by Gasteiger charge is 2.46. The van der Waals surface area contributed by atoms with Gasteiger partial charge in [0.25, 0.3) is 0 Å². The number of anilines is 2. The Hall–Kier alpha value is -2.88. The van der Waals surface area contributed by atoms with Gasteiger partial charge in [-0.05, 0) is 42.4 Å². The molecule has 4 N–H and O–H groups in total. The summed E-state index contributed by atoms with van der Waals surface area (Å²) in [6.07, 6.45) is 12.1. The maximum Gasteiger partial charge on any atom is 0.211 e. The van der Waals surface area contributed by atoms with E-state index in [0.717, 1.165) is 59.4 Å². The van der Waals surface area contributed by atoms with Crippen molar-refractivity contribution in [1.29, 1.82) is 0 Å². The maximum atomic E-state index is 6.71. The predicted octanol–water partition coefficient (Wildman–Crippen LogP) is 3.75. The number of hydrogen-bond donors (Lipinski definition) is 2. The molecule has 1 unspecified atom stereocenters. The highest BCUT2D eigenvalue weighted by atomic mass is 35.5. The number of aromatic nitrogens is 5. The van der Waals surface area contributed by atoms with Crippen LogP contribution < -0.4 is 16.4 Å². The summed E-state index contributed by atoms with van der Waals surface area (Å²) in [6.45, 7) is 1.78. The summed E-state index contributed by atoms with van der Waals surface area (Å²) < 4.78 is 2.05. The number of pyridine rings is 2. The largest absolute Gasteiger partial charge is 0.382 e. The van der Waals surface area contributed by atoms with Crippen molar-refractivity contribution in [2.24, 2.45) is 11.1 Å². The average Bonchev–Trinajstić information content (AvgIpc) is 3.42. The fourth-order valence-electron chi connectivity index (χ4n) is 5.12. The summed E-state index contributed by atoms with van der Waals surface area (Å²) in [5.74, 6) is 1.21. The second-order valence-corrected chi connectivity index (χ2v) is 10.2. The smallest absolute Gasteiger partial charge is 0.211 e. The zero-order chi connectivity index (χ0) is 22.6. The number of rotatable bonds is 3. The average molecular weight is 479 g/mol. The number of nitrogen functional groups attached to an aromatic ring is 1. The molecule has 8 nitrogen and oxygen atoms in total. The lowest BCUT2D eigenvalue weighted by molar-refractivity contribution is 0.186. The summed E-state index contributed by atoms with van der Waals surface area (Å²) in [6, 6.07) is 6.00. The van der Waals surface area contributed by atoms with E-state index in [9.17, 15) is 0 Å². The normalized spacial score (nSPS) is 19.3. The Morgan fingerprint density at radius 3 is 2.70 bits per heavy atom. The molecule has 1 spiro atoms. The molecule has 0 radical (unpaired) electrons. The molecule has 1 aliphatic carbocycles. The Kier molecular flexibility index (Phi) is 4.93. The van der Waals surface area contributed by atoms with Crippen LogP contribution in [0.4, 0.5) is 11.8 Å². The molecular weight excluding hydrogens is 456 g/mol. The number of fused-ring (bicyclic) bond motifs is 2. The number of halogens is 1. The molecule has 33 heavy (non-hydrogen) atoms. The molecule has 4 aromatic rings. The van der Waals surface area contributed by atoms with Gasteiger partial charge in [-0.15, -0.1) is 0 Å². The minimum absolute atomic E-state index is 0.0425. The van der Waals surface area contributed by atoms with Gasteiger partial charge >= 0.3 is 0 Å². The number of imidazole rings is 1. The van der Waals surface area contributed by atoms with E-state index >= 15 is 0 Å². The molecular formula is C23H23ClN8S. The van der Waals surface area contributed by atoms with Gasteiger partial charge in [0.2, 0.25) is 5.95 Å². The van der Waals surface area contributed by atoms with E-state index in [-0.39, 0.29) is 11.5 Å². The minimum Gasteiger partial charge on any atom is -0.382 e. The van der Waals surface area contributed by atoms with Gasteiger partial charge < -0.3 is 16.4 Å². The molecule has 0 bridgehead atoms. The van der Waals surface area contributed by atoms with Crippen LogP contribution in [-0.2, 0) is 6.42 Å². The van der Waals surface area contributed by atoms with Crippen molar-refractivity contribution in [2.75, 3.05) is 23.7 Å². The van der Waals surface area contributed by atoms with E-state index in [1.54, 1.807) is 12.4 Å². The summed E-state index contributed by atoms with van der Waals surface area (Å²) in [4.78, 5) is 22.1. The molecule has 10 heteroatoms. The maximum absolute atomic E-state index is 6.71. The Labute approximate surface area is 200 Å². The molecule has 0 amide bonds. The first-order valence-electron chi connectivity index (χ1n) is 10.9. The van der Waals surface area contributed by atoms with Crippen molar-refractivity contribution in [2.45, 2.75) is 35.1 Å². The van der Waals surface area contributed by atoms with E-state index in [0.29, 0.717) is 10.8 Å². The quantitative estimate of drug-likeness (QED) is 0.458. The first kappa shape index (κ1) is 20.7. The van der Waals surface area contributed by atoms with Crippen LogP contribution in [0, 0.1) is 5.41 Å². The minimum atomic E-state index is 0.0425. The Morgan fingerprint density at radius 2 is 1.88 bits per heavy atom. The molecule has 0 saturated carbocycles. The number of nitrogens with zero attached hydrogens (tertiary/aromatic N) is 6. The van der Waals surface area contributed by atoms with Gasteiger partial charge in [-0.1, -0.05) is 29.4 Å². The van der Waals surface area contributed by atoms with E-state index in [4.69, 9.17) is 28.1 Å². The van der Waals surface area contributed by atoms with Gasteiger partial charge in [-0.2, -0.15) is 0 Å². The molecule has 5 heterocycles. The Balaban J connectivity index is 1.25. The van der Waals surface area contributed by atoms with Gasteiger partial charge in [0.1, 0.15) is 5.82 Å². The molecule has 4 aromatic heterocycles. The molecule has 1 fully saturated rings. The number of nitrogens with two attached hydrogens (primary N) is 2. The first-order valence-corrected chi connectivity index (χ1v) is 12.1. The number of piperidine rings is 1. The zero-order valence-corrected chi connectivity index (χ0v) is 19.4. The van der Waals surface area contributed by atoms with E-state index < -0.39 is 0 Å². The van der Waals surface area contributed by atoms with Crippen molar-refractivity contribution in [3.05, 3.63) is 65.5 Å². The van der Waals surface area contributed by atoms with Crippen molar-refractivity contribution in [3.63, 3.8) is 0 Å². The molecule has 1 saturated heterocycles. The van der Waals surface area contributed by atoms with Gasteiger partial charge in [0.15, 0.2) is 5.65 Å². The SMILES string of the molecule is Nc1nccc(Sc2cnc(N3CCC4(CC3)Cc3ncccc3C4N)n3ccnc23)c1Cl. The molecule has 6 rings (SSSR count). The van der Waals surface area contributed by atoms with Crippen molar-refractivity contribution >= 4 is 40.8 Å². The highest BCUT2D eigenvalue weighted by Crippen LogP contribution is 2.50. The van der Waals surface area contributed by atoms with E-state index in [2.05, 4.69) is 25.9 Å². The summed E-state index contributed by atoms with van der Waals surface area (Å²) in [7, 11) is 0. The lowest BCUT2D eigenvalue weighted by Crippen LogP contribution is -2.45. The predicted molar refractivity (Wildman–Crippen MR) is 130 cm³/mol. The van der Waals surface area contributed by atoms with Gasteiger partial charge in [-0.3, -0.25) is 9.38 Å². The second-order valence-electron chi connectivity index (χ2n) is 8.70. The van der Waals surface area contributed by atoms with Crippen LogP contribution in [0.2, 0.25) is 5.02 Å². The van der Waals surface area contributed by atoms with Crippen LogP contribution in [0.3, 0.4) is 0 Å². The van der Waals surface area contributed by atoms with E-state index in [1.807, 2.05) is 35.1 Å². The summed E-state index contributed by atoms with van der Waals surface area (Å²) >= 11 is 7.83. The van der Waals surface area contributed by atoms with Crippen molar-refractivity contribution in [1.82, 2.24) is 24.3 Å². The summed E-state index contributed by atoms with van der Waals surface area (Å²) in [5.41, 5.74) is 15.9. The van der Waals surface area contributed by atoms with Crippen LogP contribution in [0.25, 0.3) is 5.65 Å². The van der Waals surface area contributed by atoms with Gasteiger partial charge in [0.05, 0.1) is 9.92 Å². The zero-order valence-electron chi connectivity index (χ0n) is 17.9. The topological polar surface area (TPSA) is 111 Å². The standard InChI is InChI=1S/C23H23ClN8S/c24-18-16(3-7-28-20(18)26)33-17-13-30-22(32-11-8-29-21(17)32)31-9-4-23(5-10-31)12-15-14(19(23)25)2-1-6-27-15/h1-3,6-8,11,13,19H,4-5,9-10,12,25H2,(H2,26,28). The summed E-state index contributed by atoms with van der Waals surface area (Å²) in [5, 5.41) is 0.445. The van der Waals surface area contributed by atoms with Crippen LogP contribution in [-0.4, -0.2) is 37.4 Å². The lowest BCUT2D eigenvalue weighted by atomic mass is 9.73. The Morgan fingerprint density at radius 1 is 1.03 bits per heavy atom. The fourth-order valence-corrected chi connectivity index (χ4v) is 6.26. The first-order chi connectivity index (χ1) is 16.1. The second kappa shape index (κ2) is 7.86. The molecule has 1 atom stereocenters. The molecule has 1 aliphatic heterocycles. The van der Waals surface area contributed by atoms with E-state index in [1.165, 1.54) is 17.3 Å². The van der Waals surface area contributed by atoms with Crippen molar-refractivity contribution in [3.8, 4) is 0 Å². The van der Waals surface area contributed by atoms with Crippen LogP contribution >= 0.6 is 23.4 Å². The monoisotopic (exact) mass is 478 g/mol. The third-order valence-electron chi connectivity index (χ3n) is 6.96. The van der Waals surface area contributed by atoms with Crippen LogP contribution in [0.1, 0.15) is 30.1 Å². The third kappa shape index (κ3) is 3.34. The molecule has 0 aromatic carbocycles. The number of hydrogen-bond acceptors (Lipinski definition) is 8. The van der Waals surface area contributed by atoms with Crippen LogP contribution in [0.15, 0.2) is 59.0 Å². The molecule has 2 aliphatic rings. The third-order valence-corrected chi connectivity index (χ3v) is 8.53. The van der Waals surface area contributed by atoms with Crippen molar-refractivity contribution < 1.29 is 0 Å². The van der Waals surface area contributed by atoms with Gasteiger partial charge in [0, 0.05) is 60.7 Å². The fraction of sp³-hybridized carbons (Fsp3) is 0.304. The lowest BCUT2D eigenvalue weighted by Gasteiger charge is -2.42. The highest BCUT2D eigenvalue weighted by molar-refractivity contribution is 7.99. The molecule has 168 valence electrons. The van der Waals surface area contributed by atoms with Gasteiger partial charge in [-0.25, -0.2) is 15.0 Å². The van der Waals surface area contributed by atoms with Crippen LogP contribution in [0.5, 0.6) is 0 Å². The Bertz CT molecular complexity index is 1350.